The number of carbonyl (C=O) groups is 1. The zero-order valence-electron chi connectivity index (χ0n) is 10.4. The highest BCUT2D eigenvalue weighted by atomic mass is 16.4. The molecule has 0 aliphatic heterocycles. The van der Waals surface area contributed by atoms with Gasteiger partial charge in [0, 0.05) is 18.8 Å². The molecule has 1 aliphatic carbocycles. The molecule has 1 aromatic carbocycles. The Kier molecular flexibility index (Phi) is 2.85. The predicted molar refractivity (Wildman–Crippen MR) is 70.4 cm³/mol. The van der Waals surface area contributed by atoms with Crippen LogP contribution in [0, 0.1) is 0 Å². The van der Waals surface area contributed by atoms with Gasteiger partial charge in [0.05, 0.1) is 10.9 Å². The smallest absolute Gasteiger partial charge is 0.343 e. The van der Waals surface area contributed by atoms with Gasteiger partial charge in [0.2, 0.25) is 0 Å². The number of hydrogen-bond acceptors (Lipinski definition) is 4. The number of ketones is 1. The molecule has 0 spiro atoms. The third-order valence-electron chi connectivity index (χ3n) is 3.71. The van der Waals surface area contributed by atoms with Crippen LogP contribution < -0.4 is 5.63 Å². The largest absolute Gasteiger partial charge is 0.507 e. The third-order valence-corrected chi connectivity index (χ3v) is 3.71. The van der Waals surface area contributed by atoms with Crippen molar-refractivity contribution in [2.45, 2.75) is 31.6 Å². The number of aromatic hydroxyl groups is 1. The third kappa shape index (κ3) is 2.03. The van der Waals surface area contributed by atoms with Crippen molar-refractivity contribution in [2.75, 3.05) is 0 Å². The van der Waals surface area contributed by atoms with Crippen LogP contribution in [0.2, 0.25) is 0 Å². The van der Waals surface area contributed by atoms with Gasteiger partial charge in [-0.1, -0.05) is 12.1 Å². The zero-order chi connectivity index (χ0) is 13.4. The maximum absolute atomic E-state index is 12.0. The van der Waals surface area contributed by atoms with Gasteiger partial charge in [-0.25, -0.2) is 4.79 Å². The van der Waals surface area contributed by atoms with Crippen molar-refractivity contribution in [1.82, 2.24) is 0 Å². The Morgan fingerprint density at radius 1 is 1.21 bits per heavy atom. The fourth-order valence-corrected chi connectivity index (χ4v) is 2.78. The minimum Gasteiger partial charge on any atom is -0.507 e. The van der Waals surface area contributed by atoms with Crippen molar-refractivity contribution in [3.05, 3.63) is 40.2 Å². The molecule has 1 heterocycles. The monoisotopic (exact) mass is 258 g/mol. The van der Waals surface area contributed by atoms with Crippen LogP contribution in [0.25, 0.3) is 11.0 Å². The predicted octanol–water partition coefficient (Wildman–Crippen LogP) is 2.73. The molecular weight excluding hydrogens is 244 g/mol. The van der Waals surface area contributed by atoms with Gasteiger partial charge in [-0.15, -0.1) is 0 Å². The maximum atomic E-state index is 12.0. The quantitative estimate of drug-likeness (QED) is 0.798. The minimum absolute atomic E-state index is 0.0356. The van der Waals surface area contributed by atoms with Gasteiger partial charge in [-0.2, -0.15) is 0 Å². The molecule has 0 amide bonds. The first-order valence-electron chi connectivity index (χ1n) is 6.43. The Morgan fingerprint density at radius 3 is 2.79 bits per heavy atom. The summed E-state index contributed by atoms with van der Waals surface area (Å²) < 4.78 is 5.24. The molecule has 3 rings (SSSR count). The highest BCUT2D eigenvalue weighted by molar-refractivity contribution is 5.85. The molecule has 0 saturated heterocycles. The summed E-state index contributed by atoms with van der Waals surface area (Å²) in [4.78, 5) is 23.5. The standard InChI is InChI=1S/C15H14O4/c16-10-5-3-4-9(8-10)13-14(17)11-6-1-2-7-12(11)19-15(13)18/h1-2,6-7,9,17H,3-5,8H2/t9-/m1/s1. The summed E-state index contributed by atoms with van der Waals surface area (Å²) >= 11 is 0. The average molecular weight is 258 g/mol. The highest BCUT2D eigenvalue weighted by Crippen LogP contribution is 2.37. The van der Waals surface area contributed by atoms with E-state index in [2.05, 4.69) is 0 Å². The highest BCUT2D eigenvalue weighted by Gasteiger charge is 2.27. The molecule has 1 aliphatic rings. The molecule has 1 aromatic heterocycles. The zero-order valence-corrected chi connectivity index (χ0v) is 10.4. The minimum atomic E-state index is -0.532. The van der Waals surface area contributed by atoms with E-state index in [0.717, 1.165) is 12.8 Å². The van der Waals surface area contributed by atoms with Gasteiger partial charge in [-0.05, 0) is 25.0 Å². The summed E-state index contributed by atoms with van der Waals surface area (Å²) in [7, 11) is 0. The van der Waals surface area contributed by atoms with E-state index in [1.165, 1.54) is 0 Å². The summed E-state index contributed by atoms with van der Waals surface area (Å²) in [5.74, 6) is -0.114. The van der Waals surface area contributed by atoms with Gasteiger partial charge in [0.15, 0.2) is 0 Å². The molecular formula is C15H14O4. The van der Waals surface area contributed by atoms with E-state index >= 15 is 0 Å². The second-order valence-electron chi connectivity index (χ2n) is 4.98. The van der Waals surface area contributed by atoms with Crippen molar-refractivity contribution >= 4 is 16.8 Å². The second kappa shape index (κ2) is 4.53. The normalized spacial score (nSPS) is 19.8. The van der Waals surface area contributed by atoms with Crippen LogP contribution in [0.5, 0.6) is 5.75 Å². The van der Waals surface area contributed by atoms with Crippen LogP contribution in [0.3, 0.4) is 0 Å². The van der Waals surface area contributed by atoms with Crippen LogP contribution in [-0.4, -0.2) is 10.9 Å². The number of carbonyl (C=O) groups excluding carboxylic acids is 1. The summed E-state index contributed by atoms with van der Waals surface area (Å²) in [6, 6.07) is 6.88. The summed E-state index contributed by atoms with van der Waals surface area (Å²) in [6.45, 7) is 0. The molecule has 4 heteroatoms. The number of benzene rings is 1. The fourth-order valence-electron chi connectivity index (χ4n) is 2.78. The lowest BCUT2D eigenvalue weighted by atomic mass is 9.83. The van der Waals surface area contributed by atoms with Crippen LogP contribution in [0.1, 0.15) is 37.2 Å². The Labute approximate surface area is 109 Å². The van der Waals surface area contributed by atoms with Gasteiger partial charge >= 0.3 is 5.63 Å². The molecule has 0 bridgehead atoms. The van der Waals surface area contributed by atoms with Gasteiger partial charge < -0.3 is 9.52 Å². The van der Waals surface area contributed by atoms with Crippen molar-refractivity contribution in [1.29, 1.82) is 0 Å². The molecule has 4 nitrogen and oxygen atoms in total. The van der Waals surface area contributed by atoms with Gasteiger partial charge in [0.25, 0.3) is 0 Å². The lowest BCUT2D eigenvalue weighted by Crippen LogP contribution is -2.19. The SMILES string of the molecule is O=C1CCC[C@@H](c2c(O)c3ccccc3oc2=O)C1. The second-order valence-corrected chi connectivity index (χ2v) is 4.98. The van der Waals surface area contributed by atoms with Crippen LogP contribution in [0.15, 0.2) is 33.5 Å². The molecule has 98 valence electrons. The van der Waals surface area contributed by atoms with Gasteiger partial charge in [0.1, 0.15) is 17.1 Å². The first kappa shape index (κ1) is 12.0. The summed E-state index contributed by atoms with van der Waals surface area (Å²) in [5, 5.41) is 10.8. The lowest BCUT2D eigenvalue weighted by molar-refractivity contribution is -0.120. The van der Waals surface area contributed by atoms with Gasteiger partial charge in [-0.3, -0.25) is 4.79 Å². The van der Waals surface area contributed by atoms with Crippen molar-refractivity contribution in [2.24, 2.45) is 0 Å². The van der Waals surface area contributed by atoms with E-state index in [1.54, 1.807) is 24.3 Å². The number of para-hydroxylation sites is 1. The number of hydrogen-bond donors (Lipinski definition) is 1. The number of rotatable bonds is 1. The van der Waals surface area contributed by atoms with E-state index in [4.69, 9.17) is 4.42 Å². The van der Waals surface area contributed by atoms with Crippen molar-refractivity contribution in [3.8, 4) is 5.75 Å². The molecule has 1 N–H and O–H groups in total. The van der Waals surface area contributed by atoms with Crippen LogP contribution in [-0.2, 0) is 4.79 Å². The van der Waals surface area contributed by atoms with Crippen LogP contribution in [0.4, 0.5) is 0 Å². The maximum Gasteiger partial charge on any atom is 0.343 e. The van der Waals surface area contributed by atoms with E-state index in [-0.39, 0.29) is 23.0 Å². The molecule has 1 saturated carbocycles. The fraction of sp³-hybridized carbons (Fsp3) is 0.333. The molecule has 19 heavy (non-hydrogen) atoms. The van der Waals surface area contributed by atoms with E-state index in [0.29, 0.717) is 23.8 Å². The number of fused-ring (bicyclic) bond motifs is 1. The van der Waals surface area contributed by atoms with E-state index < -0.39 is 5.63 Å². The Balaban J connectivity index is 2.18. The van der Waals surface area contributed by atoms with E-state index in [1.807, 2.05) is 0 Å². The topological polar surface area (TPSA) is 67.5 Å². The molecule has 1 fully saturated rings. The summed E-state index contributed by atoms with van der Waals surface area (Å²) in [5.41, 5.74) is 0.0959. The van der Waals surface area contributed by atoms with Crippen molar-refractivity contribution < 1.29 is 14.3 Å². The van der Waals surface area contributed by atoms with E-state index in [9.17, 15) is 14.7 Å². The summed E-state index contributed by atoms with van der Waals surface area (Å²) in [6.07, 6.45) is 2.38. The average Bonchev–Trinajstić information content (AvgIpc) is 2.39. The molecule has 2 aromatic rings. The van der Waals surface area contributed by atoms with Crippen molar-refractivity contribution in [3.63, 3.8) is 0 Å². The first-order valence-corrected chi connectivity index (χ1v) is 6.43. The van der Waals surface area contributed by atoms with Crippen LogP contribution >= 0.6 is 0 Å². The Bertz CT molecular complexity index is 699. The molecule has 0 unspecified atom stereocenters. The lowest BCUT2D eigenvalue weighted by Gasteiger charge is -2.21. The first-order chi connectivity index (χ1) is 9.16. The Morgan fingerprint density at radius 2 is 2.00 bits per heavy atom. The Hall–Kier alpha value is -2.10. The molecule has 1 atom stereocenters. The number of Topliss-reactive ketones (excluding diaryl/α,β-unsaturated/α-hetero) is 1. The molecule has 0 radical (unpaired) electrons.